The van der Waals surface area contributed by atoms with Crippen molar-refractivity contribution in [2.75, 3.05) is 5.32 Å². The van der Waals surface area contributed by atoms with E-state index >= 15 is 0 Å². The molecule has 1 aliphatic rings. The van der Waals surface area contributed by atoms with Crippen LogP contribution in [0.25, 0.3) is 11.0 Å². The Morgan fingerprint density at radius 3 is 3.05 bits per heavy atom. The summed E-state index contributed by atoms with van der Waals surface area (Å²) in [5, 5.41) is 11.9. The van der Waals surface area contributed by atoms with Gasteiger partial charge in [0.05, 0.1) is 0 Å². The molecule has 0 atom stereocenters. The van der Waals surface area contributed by atoms with E-state index in [1.54, 1.807) is 6.07 Å². The second-order valence-electron chi connectivity index (χ2n) is 5.15. The molecule has 0 fully saturated rings. The van der Waals surface area contributed by atoms with Crippen molar-refractivity contribution < 1.29 is 9.21 Å². The number of rotatable bonds is 2. The van der Waals surface area contributed by atoms with E-state index in [1.807, 2.05) is 28.8 Å². The lowest BCUT2D eigenvalue weighted by molar-refractivity contribution is 0.0997. The number of hydrogen-bond donors (Lipinski definition) is 1. The molecule has 1 aromatic carbocycles. The second-order valence-corrected chi connectivity index (χ2v) is 5.15. The van der Waals surface area contributed by atoms with Gasteiger partial charge in [0, 0.05) is 18.4 Å². The minimum absolute atomic E-state index is 0.282. The molecule has 0 aliphatic carbocycles. The van der Waals surface area contributed by atoms with Crippen molar-refractivity contribution in [3.63, 3.8) is 0 Å². The summed E-state index contributed by atoms with van der Waals surface area (Å²) in [4.78, 5) is 12.3. The zero-order chi connectivity index (χ0) is 14.2. The first-order chi connectivity index (χ1) is 10.3. The summed E-state index contributed by atoms with van der Waals surface area (Å²) in [6.07, 6.45) is 3.11. The number of nitrogens with zero attached hydrogens (tertiary/aromatic N) is 3. The lowest BCUT2D eigenvalue weighted by Gasteiger charge is -2.14. The molecule has 3 aromatic rings. The number of carbonyl (C=O) groups is 1. The summed E-state index contributed by atoms with van der Waals surface area (Å²) in [5.74, 6) is 1.41. The molecule has 6 nitrogen and oxygen atoms in total. The number of hydrogen-bond acceptors (Lipinski definition) is 4. The van der Waals surface area contributed by atoms with Crippen LogP contribution in [0.5, 0.6) is 0 Å². The van der Waals surface area contributed by atoms with E-state index in [2.05, 4.69) is 15.5 Å². The molecular weight excluding hydrogens is 268 g/mol. The highest BCUT2D eigenvalue weighted by atomic mass is 16.3. The van der Waals surface area contributed by atoms with Gasteiger partial charge in [0.15, 0.2) is 5.76 Å². The van der Waals surface area contributed by atoms with Crippen LogP contribution >= 0.6 is 0 Å². The first kappa shape index (κ1) is 12.1. The van der Waals surface area contributed by atoms with E-state index in [0.29, 0.717) is 11.5 Å². The van der Waals surface area contributed by atoms with Gasteiger partial charge in [0.2, 0.25) is 5.95 Å². The van der Waals surface area contributed by atoms with Crippen LogP contribution in [0.15, 0.2) is 34.7 Å². The fraction of sp³-hybridized carbons (Fsp3) is 0.267. The molecule has 21 heavy (non-hydrogen) atoms. The lowest BCUT2D eigenvalue weighted by atomic mass is 10.2. The Morgan fingerprint density at radius 1 is 1.24 bits per heavy atom. The predicted molar refractivity (Wildman–Crippen MR) is 77.1 cm³/mol. The van der Waals surface area contributed by atoms with Crippen molar-refractivity contribution in [1.29, 1.82) is 0 Å². The Balaban J connectivity index is 1.62. The molecule has 0 saturated heterocycles. The van der Waals surface area contributed by atoms with Gasteiger partial charge in [-0.25, -0.2) is 0 Å². The average molecular weight is 282 g/mol. The smallest absolute Gasteiger partial charge is 0.293 e. The van der Waals surface area contributed by atoms with E-state index in [0.717, 1.165) is 37.0 Å². The minimum atomic E-state index is -0.299. The SMILES string of the molecule is O=C(Nc1nnc2n1CCCC2)c1cc2ccccc2o1. The van der Waals surface area contributed by atoms with Crippen LogP contribution in [0.2, 0.25) is 0 Å². The third-order valence-electron chi connectivity index (χ3n) is 3.73. The summed E-state index contributed by atoms with van der Waals surface area (Å²) < 4.78 is 7.52. The zero-order valence-electron chi connectivity index (χ0n) is 11.4. The molecular formula is C15H14N4O2. The van der Waals surface area contributed by atoms with Gasteiger partial charge in [-0.3, -0.25) is 14.7 Å². The predicted octanol–water partition coefficient (Wildman–Crippen LogP) is 2.61. The molecule has 0 unspecified atom stereocenters. The van der Waals surface area contributed by atoms with Crippen LogP contribution in [0.1, 0.15) is 29.2 Å². The largest absolute Gasteiger partial charge is 0.451 e. The third-order valence-corrected chi connectivity index (χ3v) is 3.73. The van der Waals surface area contributed by atoms with Crippen molar-refractivity contribution in [1.82, 2.24) is 14.8 Å². The normalized spacial score (nSPS) is 14.1. The quantitative estimate of drug-likeness (QED) is 0.784. The van der Waals surface area contributed by atoms with Crippen LogP contribution < -0.4 is 5.32 Å². The zero-order valence-corrected chi connectivity index (χ0v) is 11.4. The van der Waals surface area contributed by atoms with Gasteiger partial charge in [-0.15, -0.1) is 10.2 Å². The standard InChI is InChI=1S/C15H14N4O2/c20-14(12-9-10-5-1-2-6-11(10)21-12)16-15-18-17-13-7-3-4-8-19(13)15/h1-2,5-6,9H,3-4,7-8H2,(H,16,18,20). The summed E-state index contributed by atoms with van der Waals surface area (Å²) >= 11 is 0. The summed E-state index contributed by atoms with van der Waals surface area (Å²) in [7, 11) is 0. The van der Waals surface area contributed by atoms with E-state index in [9.17, 15) is 4.79 Å². The number of amides is 1. The van der Waals surface area contributed by atoms with Gasteiger partial charge in [0.1, 0.15) is 11.4 Å². The van der Waals surface area contributed by atoms with Gasteiger partial charge in [-0.05, 0) is 25.0 Å². The van der Waals surface area contributed by atoms with Crippen molar-refractivity contribution >= 4 is 22.8 Å². The summed E-state index contributed by atoms with van der Waals surface area (Å²) in [6.45, 7) is 0.845. The van der Waals surface area contributed by atoms with Crippen LogP contribution in [0.3, 0.4) is 0 Å². The van der Waals surface area contributed by atoms with Crippen LogP contribution in [0.4, 0.5) is 5.95 Å². The molecule has 0 radical (unpaired) electrons. The fourth-order valence-electron chi connectivity index (χ4n) is 2.66. The summed E-state index contributed by atoms with van der Waals surface area (Å²) in [5.41, 5.74) is 0.700. The third kappa shape index (κ3) is 2.08. The Morgan fingerprint density at radius 2 is 2.14 bits per heavy atom. The second kappa shape index (κ2) is 4.73. The maximum atomic E-state index is 12.3. The molecule has 0 spiro atoms. The number of benzene rings is 1. The van der Waals surface area contributed by atoms with Gasteiger partial charge in [-0.2, -0.15) is 0 Å². The van der Waals surface area contributed by atoms with Crippen LogP contribution in [-0.4, -0.2) is 20.7 Å². The average Bonchev–Trinajstić information content (AvgIpc) is 3.11. The van der Waals surface area contributed by atoms with Gasteiger partial charge in [0.25, 0.3) is 5.91 Å². The molecule has 2 aromatic heterocycles. The highest BCUT2D eigenvalue weighted by Gasteiger charge is 2.19. The summed E-state index contributed by atoms with van der Waals surface area (Å²) in [6, 6.07) is 9.27. The van der Waals surface area contributed by atoms with Gasteiger partial charge >= 0.3 is 0 Å². The van der Waals surface area contributed by atoms with Crippen molar-refractivity contribution in [3.05, 3.63) is 41.9 Å². The number of fused-ring (bicyclic) bond motifs is 2. The molecule has 106 valence electrons. The van der Waals surface area contributed by atoms with E-state index in [1.165, 1.54) is 0 Å². The monoisotopic (exact) mass is 282 g/mol. The maximum absolute atomic E-state index is 12.3. The molecule has 0 saturated carbocycles. The van der Waals surface area contributed by atoms with Crippen molar-refractivity contribution in [2.45, 2.75) is 25.8 Å². The molecule has 1 amide bonds. The number of nitrogens with one attached hydrogen (secondary N) is 1. The van der Waals surface area contributed by atoms with Crippen LogP contribution in [0, 0.1) is 0 Å². The lowest BCUT2D eigenvalue weighted by Crippen LogP contribution is -2.18. The molecule has 1 N–H and O–H groups in total. The molecule has 4 rings (SSSR count). The Kier molecular flexibility index (Phi) is 2.73. The van der Waals surface area contributed by atoms with Gasteiger partial charge in [-0.1, -0.05) is 18.2 Å². The first-order valence-electron chi connectivity index (χ1n) is 7.03. The molecule has 6 heteroatoms. The number of anilines is 1. The number of para-hydroxylation sites is 1. The Hall–Kier alpha value is -2.63. The van der Waals surface area contributed by atoms with E-state index in [4.69, 9.17) is 4.42 Å². The topological polar surface area (TPSA) is 73.0 Å². The Bertz CT molecular complexity index is 785. The highest BCUT2D eigenvalue weighted by Crippen LogP contribution is 2.21. The fourth-order valence-corrected chi connectivity index (χ4v) is 2.66. The van der Waals surface area contributed by atoms with Crippen LogP contribution in [-0.2, 0) is 13.0 Å². The molecule has 0 bridgehead atoms. The number of aryl methyl sites for hydroxylation is 1. The van der Waals surface area contributed by atoms with E-state index in [-0.39, 0.29) is 11.7 Å². The minimum Gasteiger partial charge on any atom is -0.451 e. The number of aromatic nitrogens is 3. The van der Waals surface area contributed by atoms with Crippen molar-refractivity contribution in [2.24, 2.45) is 0 Å². The van der Waals surface area contributed by atoms with E-state index < -0.39 is 0 Å². The Labute approximate surface area is 120 Å². The maximum Gasteiger partial charge on any atom is 0.293 e. The first-order valence-corrected chi connectivity index (χ1v) is 7.03. The molecule has 3 heterocycles. The van der Waals surface area contributed by atoms with Gasteiger partial charge < -0.3 is 4.42 Å². The number of carbonyl (C=O) groups excluding carboxylic acids is 1. The molecule has 1 aliphatic heterocycles. The number of furan rings is 1. The highest BCUT2D eigenvalue weighted by molar-refractivity contribution is 6.03. The van der Waals surface area contributed by atoms with Crippen molar-refractivity contribution in [3.8, 4) is 0 Å².